The summed E-state index contributed by atoms with van der Waals surface area (Å²) in [6, 6.07) is 1.27. The molecule has 1 heterocycles. The van der Waals surface area contributed by atoms with Gasteiger partial charge in [-0.15, -0.1) is 0 Å². The fraction of sp³-hybridized carbons (Fsp3) is 0.522. The normalized spacial score (nSPS) is 26.1. The maximum Gasteiger partial charge on any atom is 0.341 e. The third kappa shape index (κ3) is 5.67. The van der Waals surface area contributed by atoms with Gasteiger partial charge in [0.1, 0.15) is 47.6 Å². The van der Waals surface area contributed by atoms with Gasteiger partial charge in [-0.25, -0.2) is 4.79 Å². The highest BCUT2D eigenvalue weighted by atomic mass is 16.5. The zero-order chi connectivity index (χ0) is 23.8. The number of aromatic hydroxyl groups is 2. The molecule has 1 aromatic carbocycles. The van der Waals surface area contributed by atoms with Crippen molar-refractivity contribution in [3.05, 3.63) is 47.1 Å². The Bertz CT molecular complexity index is 831. The number of methoxy groups -OCH3 is 1. The predicted molar refractivity (Wildman–Crippen MR) is 115 cm³/mol. The average Bonchev–Trinajstić information content (AvgIpc) is 2.77. The van der Waals surface area contributed by atoms with Gasteiger partial charge in [0, 0.05) is 0 Å². The van der Waals surface area contributed by atoms with Gasteiger partial charge in [0.2, 0.25) is 0 Å². The molecule has 9 heteroatoms. The first-order chi connectivity index (χ1) is 15.3. The zero-order valence-corrected chi connectivity index (χ0v) is 18.2. The molecule has 32 heavy (non-hydrogen) atoms. The molecule has 1 fully saturated rings. The molecule has 0 saturated carbocycles. The lowest BCUT2D eigenvalue weighted by atomic mass is 9.87. The summed E-state index contributed by atoms with van der Waals surface area (Å²) in [5.41, 5.74) is -0.223. The number of unbranched alkanes of at least 4 members (excludes halogenated alkanes) is 1. The number of phenols is 2. The predicted octanol–water partition coefficient (Wildman–Crippen LogP) is 1.24. The number of aliphatic hydroxyl groups is 4. The minimum atomic E-state index is -1.74. The van der Waals surface area contributed by atoms with E-state index in [-0.39, 0.29) is 11.1 Å². The summed E-state index contributed by atoms with van der Waals surface area (Å²) in [5, 5.41) is 61.2. The van der Waals surface area contributed by atoms with E-state index in [1.54, 1.807) is 0 Å². The average molecular weight is 453 g/mol. The third-order valence-electron chi connectivity index (χ3n) is 5.39. The van der Waals surface area contributed by atoms with E-state index in [1.165, 1.54) is 6.07 Å². The van der Waals surface area contributed by atoms with Crippen LogP contribution in [-0.4, -0.2) is 74.7 Å². The number of rotatable bonds is 9. The summed E-state index contributed by atoms with van der Waals surface area (Å²) >= 11 is 0. The number of hydrogen-bond donors (Lipinski definition) is 6. The van der Waals surface area contributed by atoms with Crippen LogP contribution in [0.25, 0.3) is 0 Å². The summed E-state index contributed by atoms with van der Waals surface area (Å²) in [6.45, 7) is 1.40. The van der Waals surface area contributed by atoms with Crippen LogP contribution in [0.2, 0.25) is 0 Å². The maximum absolute atomic E-state index is 12.4. The molecule has 0 spiro atoms. The second kappa shape index (κ2) is 12.0. The van der Waals surface area contributed by atoms with Crippen LogP contribution in [0.15, 0.2) is 30.4 Å². The summed E-state index contributed by atoms with van der Waals surface area (Å²) < 4.78 is 10.2. The highest BCUT2D eigenvalue weighted by molar-refractivity contribution is 5.95. The van der Waals surface area contributed by atoms with Gasteiger partial charge in [0.25, 0.3) is 0 Å². The molecule has 6 N–H and O–H groups in total. The molecule has 5 atom stereocenters. The molecule has 0 aromatic heterocycles. The summed E-state index contributed by atoms with van der Waals surface area (Å²) in [5.74, 6) is -1.99. The van der Waals surface area contributed by atoms with Crippen LogP contribution in [-0.2, 0) is 15.9 Å². The number of allylic oxidation sites excluding steroid dienone is 4. The number of hydrogen-bond acceptors (Lipinski definition) is 9. The van der Waals surface area contributed by atoms with Crippen LogP contribution in [0.5, 0.6) is 11.5 Å². The van der Waals surface area contributed by atoms with Gasteiger partial charge >= 0.3 is 5.97 Å². The van der Waals surface area contributed by atoms with Crippen molar-refractivity contribution in [2.24, 2.45) is 0 Å². The highest BCUT2D eigenvalue weighted by Gasteiger charge is 2.46. The Labute approximate surface area is 186 Å². The molecule has 0 aliphatic carbocycles. The van der Waals surface area contributed by atoms with E-state index in [1.807, 2.05) is 24.3 Å². The third-order valence-corrected chi connectivity index (χ3v) is 5.39. The lowest BCUT2D eigenvalue weighted by molar-refractivity contribution is -0.232. The first-order valence-electron chi connectivity index (χ1n) is 10.6. The van der Waals surface area contributed by atoms with Crippen LogP contribution in [0.3, 0.4) is 0 Å². The van der Waals surface area contributed by atoms with Crippen molar-refractivity contribution in [2.75, 3.05) is 13.7 Å². The number of aryl methyl sites for hydroxylation is 1. The fourth-order valence-electron chi connectivity index (χ4n) is 3.63. The Morgan fingerprint density at radius 1 is 1.09 bits per heavy atom. The van der Waals surface area contributed by atoms with E-state index in [2.05, 4.69) is 6.92 Å². The molecule has 1 aliphatic heterocycles. The number of ether oxygens (including phenoxy) is 2. The number of benzene rings is 1. The SMILES string of the molecule is CCC/C=C/C=C/CCc1cc(O)c(C2OC(CO)C(O)C(O)C2O)c(O)c1C(=O)OC. The first-order valence-corrected chi connectivity index (χ1v) is 10.6. The van der Waals surface area contributed by atoms with Gasteiger partial charge in [0.05, 0.1) is 19.3 Å². The topological polar surface area (TPSA) is 157 Å². The van der Waals surface area contributed by atoms with Crippen LogP contribution in [0.4, 0.5) is 0 Å². The summed E-state index contributed by atoms with van der Waals surface area (Å²) in [6.07, 6.45) is 2.73. The molecule has 9 nitrogen and oxygen atoms in total. The Kier molecular flexibility index (Phi) is 9.67. The van der Waals surface area contributed by atoms with Crippen LogP contribution in [0, 0.1) is 0 Å². The van der Waals surface area contributed by atoms with Crippen molar-refractivity contribution < 1.29 is 44.9 Å². The fourth-order valence-corrected chi connectivity index (χ4v) is 3.63. The van der Waals surface area contributed by atoms with Crippen LogP contribution in [0.1, 0.15) is 53.8 Å². The molecule has 0 radical (unpaired) electrons. The second-order valence-electron chi connectivity index (χ2n) is 7.62. The van der Waals surface area contributed by atoms with E-state index < -0.39 is 54.6 Å². The van der Waals surface area contributed by atoms with Crippen molar-refractivity contribution in [3.8, 4) is 11.5 Å². The largest absolute Gasteiger partial charge is 0.507 e. The van der Waals surface area contributed by atoms with Gasteiger partial charge in [-0.2, -0.15) is 0 Å². The first kappa shape index (κ1) is 25.8. The van der Waals surface area contributed by atoms with Gasteiger partial charge < -0.3 is 40.1 Å². The zero-order valence-electron chi connectivity index (χ0n) is 18.2. The standard InChI is InChI=1S/C23H32O9/c1-3-4-5-6-7-8-9-10-13-11-14(25)17(19(27)16(13)23(30)31-2)22-21(29)20(28)18(26)15(12-24)32-22/h5-8,11,15,18,20-22,24-29H,3-4,9-10,12H2,1-2H3/b6-5+,8-7+. The minimum absolute atomic E-state index is 0.202. The Morgan fingerprint density at radius 3 is 2.34 bits per heavy atom. The van der Waals surface area contributed by atoms with Crippen molar-refractivity contribution in [1.82, 2.24) is 0 Å². The Morgan fingerprint density at radius 2 is 1.75 bits per heavy atom. The molecule has 0 bridgehead atoms. The van der Waals surface area contributed by atoms with Gasteiger partial charge in [-0.05, 0) is 30.9 Å². The molecule has 178 valence electrons. The molecule has 2 rings (SSSR count). The second-order valence-corrected chi connectivity index (χ2v) is 7.62. The van der Waals surface area contributed by atoms with E-state index >= 15 is 0 Å². The molecule has 1 saturated heterocycles. The van der Waals surface area contributed by atoms with Gasteiger partial charge in [0.15, 0.2) is 0 Å². The van der Waals surface area contributed by atoms with Gasteiger partial charge in [-0.3, -0.25) is 0 Å². The maximum atomic E-state index is 12.4. The minimum Gasteiger partial charge on any atom is -0.507 e. The quantitative estimate of drug-likeness (QED) is 0.240. The van der Waals surface area contributed by atoms with E-state index in [0.717, 1.165) is 20.0 Å². The lowest BCUT2D eigenvalue weighted by Crippen LogP contribution is -2.55. The molecular weight excluding hydrogens is 420 g/mol. The smallest absolute Gasteiger partial charge is 0.341 e. The van der Waals surface area contributed by atoms with Crippen molar-refractivity contribution >= 4 is 5.97 Å². The summed E-state index contributed by atoms with van der Waals surface area (Å²) in [7, 11) is 1.14. The van der Waals surface area contributed by atoms with Crippen molar-refractivity contribution in [2.45, 2.75) is 63.1 Å². The highest BCUT2D eigenvalue weighted by Crippen LogP contribution is 2.44. The van der Waals surface area contributed by atoms with E-state index in [4.69, 9.17) is 9.47 Å². The van der Waals surface area contributed by atoms with E-state index in [9.17, 15) is 35.4 Å². The number of phenolic OH excluding ortho intramolecular Hbond substituents is 2. The van der Waals surface area contributed by atoms with Gasteiger partial charge in [-0.1, -0.05) is 37.6 Å². The lowest BCUT2D eigenvalue weighted by Gasteiger charge is -2.40. The molecular formula is C23H32O9. The Balaban J connectivity index is 2.39. The molecule has 5 unspecified atom stereocenters. The van der Waals surface area contributed by atoms with Crippen molar-refractivity contribution in [1.29, 1.82) is 0 Å². The van der Waals surface area contributed by atoms with Crippen LogP contribution < -0.4 is 0 Å². The molecule has 1 aliphatic rings. The number of esters is 1. The van der Waals surface area contributed by atoms with Crippen molar-refractivity contribution in [3.63, 3.8) is 0 Å². The number of carbonyl (C=O) groups excluding carboxylic acids is 1. The number of carbonyl (C=O) groups is 1. The Hall–Kier alpha value is -2.43. The van der Waals surface area contributed by atoms with Crippen LogP contribution >= 0.6 is 0 Å². The van der Waals surface area contributed by atoms with E-state index in [0.29, 0.717) is 18.4 Å². The molecule has 1 aromatic rings. The number of aliphatic hydroxyl groups excluding tert-OH is 4. The monoisotopic (exact) mass is 452 g/mol. The summed E-state index contributed by atoms with van der Waals surface area (Å²) in [4.78, 5) is 12.4. The molecule has 0 amide bonds.